The molecule has 2 aromatic carbocycles. The van der Waals surface area contributed by atoms with E-state index in [0.29, 0.717) is 22.1 Å². The van der Waals surface area contributed by atoms with Gasteiger partial charge in [-0.3, -0.25) is 4.79 Å². The topological polar surface area (TPSA) is 68.5 Å². The average Bonchev–Trinajstić information content (AvgIpc) is 3.09. The number of amides is 1. The van der Waals surface area contributed by atoms with Gasteiger partial charge in [-0.05, 0) is 42.5 Å². The molecule has 6 nitrogen and oxygen atoms in total. The van der Waals surface area contributed by atoms with Crippen LogP contribution in [-0.4, -0.2) is 27.6 Å². The Morgan fingerprint density at radius 2 is 1.96 bits per heavy atom. The van der Waals surface area contributed by atoms with Crippen molar-refractivity contribution < 1.29 is 9.53 Å². The summed E-state index contributed by atoms with van der Waals surface area (Å²) in [5.74, 6) is 0.888. The van der Waals surface area contributed by atoms with E-state index in [-0.39, 0.29) is 5.91 Å². The van der Waals surface area contributed by atoms with E-state index in [1.807, 2.05) is 36.4 Å². The summed E-state index contributed by atoms with van der Waals surface area (Å²) < 4.78 is 6.89. The maximum Gasteiger partial charge on any atom is 0.256 e. The van der Waals surface area contributed by atoms with Gasteiger partial charge in [-0.1, -0.05) is 29.8 Å². The number of ether oxygens (including phenoxy) is 1. The van der Waals surface area contributed by atoms with Crippen molar-refractivity contribution in [1.29, 1.82) is 0 Å². The Bertz CT molecular complexity index is 1140. The van der Waals surface area contributed by atoms with Crippen molar-refractivity contribution in [3.8, 4) is 17.0 Å². The van der Waals surface area contributed by atoms with Gasteiger partial charge in [-0.2, -0.15) is 5.10 Å². The second kappa shape index (κ2) is 7.09. The van der Waals surface area contributed by atoms with Gasteiger partial charge in [0, 0.05) is 16.1 Å². The highest BCUT2D eigenvalue weighted by molar-refractivity contribution is 6.31. The highest BCUT2D eigenvalue weighted by Gasteiger charge is 2.11. The number of hydrogen-bond acceptors (Lipinski definition) is 4. The van der Waals surface area contributed by atoms with Crippen LogP contribution in [-0.2, 0) is 0 Å². The molecule has 0 bridgehead atoms. The summed E-state index contributed by atoms with van der Waals surface area (Å²) in [6, 6.07) is 18.1. The standard InChI is InChI=1S/C20H15ClN4O2/c1-27-16-7-3-4-13(11-16)17-8-9-19-22-18(12-25(19)24-17)23-20(26)14-5-2-6-15(21)10-14/h2-12H,1H3,(H,23,26). The number of fused-ring (bicyclic) bond motifs is 1. The second-order valence-corrected chi connectivity index (χ2v) is 6.28. The zero-order chi connectivity index (χ0) is 18.8. The van der Waals surface area contributed by atoms with Crippen molar-refractivity contribution in [2.75, 3.05) is 12.4 Å². The summed E-state index contributed by atoms with van der Waals surface area (Å²) in [4.78, 5) is 16.7. The van der Waals surface area contributed by atoms with Gasteiger partial charge in [0.05, 0.1) is 19.0 Å². The van der Waals surface area contributed by atoms with Crippen LogP contribution < -0.4 is 10.1 Å². The van der Waals surface area contributed by atoms with Gasteiger partial charge >= 0.3 is 0 Å². The highest BCUT2D eigenvalue weighted by atomic mass is 35.5. The lowest BCUT2D eigenvalue weighted by Gasteiger charge is -2.04. The van der Waals surface area contributed by atoms with Crippen LogP contribution in [0.5, 0.6) is 5.75 Å². The molecule has 0 aliphatic carbocycles. The molecule has 1 N–H and O–H groups in total. The van der Waals surface area contributed by atoms with Crippen LogP contribution in [0.4, 0.5) is 5.82 Å². The molecule has 7 heteroatoms. The van der Waals surface area contributed by atoms with Crippen molar-refractivity contribution in [3.05, 3.63) is 77.4 Å². The number of imidazole rings is 1. The van der Waals surface area contributed by atoms with E-state index in [1.54, 1.807) is 42.1 Å². The second-order valence-electron chi connectivity index (χ2n) is 5.84. The molecule has 27 heavy (non-hydrogen) atoms. The first-order chi connectivity index (χ1) is 13.1. The largest absolute Gasteiger partial charge is 0.497 e. The zero-order valence-electron chi connectivity index (χ0n) is 14.4. The maximum atomic E-state index is 12.3. The van der Waals surface area contributed by atoms with Crippen LogP contribution in [0.3, 0.4) is 0 Å². The van der Waals surface area contributed by atoms with E-state index in [4.69, 9.17) is 16.3 Å². The third-order valence-corrected chi connectivity index (χ3v) is 4.25. The predicted molar refractivity (Wildman–Crippen MR) is 104 cm³/mol. The normalized spacial score (nSPS) is 10.7. The summed E-state index contributed by atoms with van der Waals surface area (Å²) in [5, 5.41) is 7.83. The number of aromatic nitrogens is 3. The lowest BCUT2D eigenvalue weighted by atomic mass is 10.1. The number of rotatable bonds is 4. The van der Waals surface area contributed by atoms with Crippen LogP contribution in [0, 0.1) is 0 Å². The van der Waals surface area contributed by atoms with Crippen molar-refractivity contribution in [2.24, 2.45) is 0 Å². The van der Waals surface area contributed by atoms with E-state index < -0.39 is 0 Å². The van der Waals surface area contributed by atoms with Gasteiger partial charge in [0.2, 0.25) is 0 Å². The molecule has 1 amide bonds. The minimum atomic E-state index is -0.283. The van der Waals surface area contributed by atoms with Crippen LogP contribution in [0.15, 0.2) is 66.9 Å². The molecule has 0 spiro atoms. The molecule has 0 atom stereocenters. The fraction of sp³-hybridized carbons (Fsp3) is 0.0500. The Kier molecular flexibility index (Phi) is 4.48. The van der Waals surface area contributed by atoms with Gasteiger partial charge in [0.1, 0.15) is 5.75 Å². The number of hydrogen-bond donors (Lipinski definition) is 1. The molecule has 0 aliphatic rings. The Hall–Kier alpha value is -3.38. The molecule has 0 radical (unpaired) electrons. The molecule has 0 saturated carbocycles. The van der Waals surface area contributed by atoms with Gasteiger partial charge < -0.3 is 10.1 Å². The summed E-state index contributed by atoms with van der Waals surface area (Å²) in [7, 11) is 1.63. The van der Waals surface area contributed by atoms with Crippen LogP contribution >= 0.6 is 11.6 Å². The predicted octanol–water partition coefficient (Wildman–Crippen LogP) is 4.31. The molecule has 0 saturated heterocycles. The number of halogens is 1. The average molecular weight is 379 g/mol. The first kappa shape index (κ1) is 17.1. The first-order valence-electron chi connectivity index (χ1n) is 8.20. The third-order valence-electron chi connectivity index (χ3n) is 4.01. The van der Waals surface area contributed by atoms with E-state index in [0.717, 1.165) is 17.0 Å². The molecule has 0 unspecified atom stereocenters. The Balaban J connectivity index is 1.62. The van der Waals surface area contributed by atoms with Crippen molar-refractivity contribution >= 4 is 29.0 Å². The lowest BCUT2D eigenvalue weighted by Crippen LogP contribution is -2.11. The molecule has 2 aromatic heterocycles. The zero-order valence-corrected chi connectivity index (χ0v) is 15.1. The van der Waals surface area contributed by atoms with Crippen LogP contribution in [0.25, 0.3) is 16.9 Å². The van der Waals surface area contributed by atoms with Gasteiger partial charge in [-0.15, -0.1) is 0 Å². The molecular formula is C20H15ClN4O2. The number of carbonyl (C=O) groups is 1. The molecule has 2 heterocycles. The number of nitrogens with zero attached hydrogens (tertiary/aromatic N) is 3. The van der Waals surface area contributed by atoms with E-state index in [1.165, 1.54) is 0 Å². The number of nitrogens with one attached hydrogen (secondary N) is 1. The van der Waals surface area contributed by atoms with Gasteiger partial charge in [0.25, 0.3) is 5.91 Å². The minimum absolute atomic E-state index is 0.283. The van der Waals surface area contributed by atoms with E-state index in [2.05, 4.69) is 15.4 Å². The lowest BCUT2D eigenvalue weighted by molar-refractivity contribution is 0.102. The smallest absolute Gasteiger partial charge is 0.256 e. The van der Waals surface area contributed by atoms with E-state index in [9.17, 15) is 4.79 Å². The van der Waals surface area contributed by atoms with E-state index >= 15 is 0 Å². The fourth-order valence-electron chi connectivity index (χ4n) is 2.70. The monoisotopic (exact) mass is 378 g/mol. The molecule has 0 fully saturated rings. The SMILES string of the molecule is COc1cccc(-c2ccc3nc(NC(=O)c4cccc(Cl)c4)cn3n2)c1. The number of carbonyl (C=O) groups excluding carboxylic acids is 1. The number of benzene rings is 2. The Morgan fingerprint density at radius 3 is 2.78 bits per heavy atom. The molecule has 4 rings (SSSR count). The van der Waals surface area contributed by atoms with Gasteiger partial charge in [-0.25, -0.2) is 9.50 Å². The van der Waals surface area contributed by atoms with Gasteiger partial charge in [0.15, 0.2) is 11.5 Å². The fourth-order valence-corrected chi connectivity index (χ4v) is 2.89. The summed E-state index contributed by atoms with van der Waals surface area (Å²) in [5.41, 5.74) is 2.79. The van der Waals surface area contributed by atoms with Crippen LogP contribution in [0.1, 0.15) is 10.4 Å². The number of anilines is 1. The van der Waals surface area contributed by atoms with Crippen molar-refractivity contribution in [2.45, 2.75) is 0 Å². The third kappa shape index (κ3) is 3.61. The summed E-state index contributed by atoms with van der Waals surface area (Å²) >= 11 is 5.93. The molecule has 4 aromatic rings. The summed E-state index contributed by atoms with van der Waals surface area (Å²) in [6.07, 6.45) is 1.67. The molecular weight excluding hydrogens is 364 g/mol. The van der Waals surface area contributed by atoms with Crippen molar-refractivity contribution in [1.82, 2.24) is 14.6 Å². The van der Waals surface area contributed by atoms with Crippen LogP contribution in [0.2, 0.25) is 5.02 Å². The highest BCUT2D eigenvalue weighted by Crippen LogP contribution is 2.23. The van der Waals surface area contributed by atoms with Crippen molar-refractivity contribution in [3.63, 3.8) is 0 Å². The number of methoxy groups -OCH3 is 1. The Morgan fingerprint density at radius 1 is 1.11 bits per heavy atom. The first-order valence-corrected chi connectivity index (χ1v) is 8.58. The minimum Gasteiger partial charge on any atom is -0.497 e. The molecule has 134 valence electrons. The molecule has 0 aliphatic heterocycles. The quantitative estimate of drug-likeness (QED) is 0.574. The maximum absolute atomic E-state index is 12.3. The summed E-state index contributed by atoms with van der Waals surface area (Å²) in [6.45, 7) is 0. The Labute approximate surface area is 160 Å².